The first-order chi connectivity index (χ1) is 7.19. The van der Waals surface area contributed by atoms with Crippen molar-refractivity contribution in [2.75, 3.05) is 0 Å². The lowest BCUT2D eigenvalue weighted by Gasteiger charge is -2.09. The normalized spacial score (nSPS) is 13.9. The van der Waals surface area contributed by atoms with Gasteiger partial charge in [-0.3, -0.25) is 0 Å². The van der Waals surface area contributed by atoms with E-state index >= 15 is 0 Å². The van der Waals surface area contributed by atoms with Crippen molar-refractivity contribution in [3.05, 3.63) is 35.9 Å². The maximum absolute atomic E-state index is 9.68. The molecule has 1 atom stereocenters. The molecule has 1 unspecified atom stereocenters. The number of phenols is 1. The molecule has 0 saturated carbocycles. The molecule has 0 heterocycles. The van der Waals surface area contributed by atoms with Crippen molar-refractivity contribution in [1.82, 2.24) is 0 Å². The van der Waals surface area contributed by atoms with Gasteiger partial charge in [0.25, 0.3) is 0 Å². The minimum absolute atomic E-state index is 0.272. The Balaban J connectivity index is 3.02. The van der Waals surface area contributed by atoms with Gasteiger partial charge in [-0.15, -0.1) is 0 Å². The molecule has 1 rings (SSSR count). The van der Waals surface area contributed by atoms with Gasteiger partial charge in [0.2, 0.25) is 0 Å². The first-order valence-corrected chi connectivity index (χ1v) is 5.36. The molecule has 0 aromatic heterocycles. The number of hydrogen-bond donors (Lipinski definition) is 2. The predicted octanol–water partition coefficient (Wildman–Crippen LogP) is 2.96. The second-order valence-corrected chi connectivity index (χ2v) is 3.54. The Morgan fingerprint density at radius 2 is 2.00 bits per heavy atom. The number of hydrogen-bond acceptors (Lipinski definition) is 2. The van der Waals surface area contributed by atoms with Crippen LogP contribution in [0.4, 0.5) is 0 Å². The molecule has 0 aliphatic rings. The van der Waals surface area contributed by atoms with E-state index in [-0.39, 0.29) is 5.75 Å². The summed E-state index contributed by atoms with van der Waals surface area (Å²) in [6, 6.07) is 7.21. The summed E-state index contributed by atoms with van der Waals surface area (Å²) in [5.41, 5.74) is 1.80. The molecule has 1 aromatic rings. The highest BCUT2D eigenvalue weighted by molar-refractivity contribution is 5.70. The van der Waals surface area contributed by atoms with Gasteiger partial charge in [-0.05, 0) is 24.5 Å². The summed E-state index contributed by atoms with van der Waals surface area (Å²) >= 11 is 0. The first-order valence-electron chi connectivity index (χ1n) is 5.36. The van der Waals surface area contributed by atoms with Gasteiger partial charge in [-0.2, -0.15) is 0 Å². The third kappa shape index (κ3) is 3.10. The highest BCUT2D eigenvalue weighted by Gasteiger charge is 2.06. The predicted molar refractivity (Wildman–Crippen MR) is 62.7 cm³/mol. The SMILES string of the molecule is CC/C(=C/C(O)CC)c1ccccc1O. The van der Waals surface area contributed by atoms with E-state index < -0.39 is 6.10 Å². The lowest BCUT2D eigenvalue weighted by molar-refractivity contribution is 0.219. The Morgan fingerprint density at radius 1 is 1.33 bits per heavy atom. The average Bonchev–Trinajstić information content (AvgIpc) is 2.26. The lowest BCUT2D eigenvalue weighted by atomic mass is 10.00. The van der Waals surface area contributed by atoms with Crippen LogP contribution in [0.2, 0.25) is 0 Å². The number of aliphatic hydroxyl groups is 1. The summed E-state index contributed by atoms with van der Waals surface area (Å²) in [4.78, 5) is 0. The molecular formula is C13H18O2. The van der Waals surface area contributed by atoms with Crippen LogP contribution in [0.5, 0.6) is 5.75 Å². The van der Waals surface area contributed by atoms with Crippen LogP contribution >= 0.6 is 0 Å². The van der Waals surface area contributed by atoms with Gasteiger partial charge in [0.05, 0.1) is 6.10 Å². The molecule has 15 heavy (non-hydrogen) atoms. The zero-order chi connectivity index (χ0) is 11.3. The van der Waals surface area contributed by atoms with E-state index in [1.165, 1.54) is 0 Å². The Labute approximate surface area is 90.9 Å². The zero-order valence-electron chi connectivity index (χ0n) is 9.27. The maximum Gasteiger partial charge on any atom is 0.123 e. The molecule has 0 fully saturated rings. The van der Waals surface area contributed by atoms with E-state index in [2.05, 4.69) is 0 Å². The van der Waals surface area contributed by atoms with Crippen molar-refractivity contribution in [1.29, 1.82) is 0 Å². The largest absolute Gasteiger partial charge is 0.507 e. The van der Waals surface area contributed by atoms with Crippen molar-refractivity contribution in [3.63, 3.8) is 0 Å². The summed E-state index contributed by atoms with van der Waals surface area (Å²) in [7, 11) is 0. The number of allylic oxidation sites excluding steroid dienone is 1. The van der Waals surface area contributed by atoms with Crippen molar-refractivity contribution in [2.24, 2.45) is 0 Å². The molecule has 2 nitrogen and oxygen atoms in total. The van der Waals surface area contributed by atoms with Crippen LogP contribution in [0, 0.1) is 0 Å². The summed E-state index contributed by atoms with van der Waals surface area (Å²) in [6.07, 6.45) is 2.88. The van der Waals surface area contributed by atoms with Crippen LogP contribution < -0.4 is 0 Å². The quantitative estimate of drug-likeness (QED) is 0.795. The summed E-state index contributed by atoms with van der Waals surface area (Å²) in [5, 5.41) is 19.2. The van der Waals surface area contributed by atoms with Gasteiger partial charge in [-0.25, -0.2) is 0 Å². The fourth-order valence-corrected chi connectivity index (χ4v) is 1.49. The highest BCUT2D eigenvalue weighted by Crippen LogP contribution is 2.27. The van der Waals surface area contributed by atoms with E-state index in [0.717, 1.165) is 17.6 Å². The fraction of sp³-hybridized carbons (Fsp3) is 0.385. The second-order valence-electron chi connectivity index (χ2n) is 3.54. The van der Waals surface area contributed by atoms with Gasteiger partial charge < -0.3 is 10.2 Å². The monoisotopic (exact) mass is 206 g/mol. The van der Waals surface area contributed by atoms with Crippen LogP contribution in [0.3, 0.4) is 0 Å². The lowest BCUT2D eigenvalue weighted by Crippen LogP contribution is -2.00. The van der Waals surface area contributed by atoms with Gasteiger partial charge in [0.1, 0.15) is 5.75 Å². The smallest absolute Gasteiger partial charge is 0.123 e. The summed E-state index contributed by atoms with van der Waals surface area (Å²) < 4.78 is 0. The van der Waals surface area contributed by atoms with Crippen LogP contribution in [0.15, 0.2) is 30.3 Å². The van der Waals surface area contributed by atoms with Gasteiger partial charge >= 0.3 is 0 Å². The average molecular weight is 206 g/mol. The van der Waals surface area contributed by atoms with Crippen molar-refractivity contribution in [2.45, 2.75) is 32.8 Å². The summed E-state index contributed by atoms with van der Waals surface area (Å²) in [6.45, 7) is 3.94. The number of benzene rings is 1. The molecular weight excluding hydrogens is 188 g/mol. The van der Waals surface area contributed by atoms with E-state index in [4.69, 9.17) is 0 Å². The molecule has 0 aliphatic heterocycles. The zero-order valence-corrected chi connectivity index (χ0v) is 9.27. The van der Waals surface area contributed by atoms with Crippen LogP contribution in [0.1, 0.15) is 32.3 Å². The number of aliphatic hydroxyl groups excluding tert-OH is 1. The highest BCUT2D eigenvalue weighted by atomic mass is 16.3. The number of aromatic hydroxyl groups is 1. The third-order valence-corrected chi connectivity index (χ3v) is 2.44. The fourth-order valence-electron chi connectivity index (χ4n) is 1.49. The van der Waals surface area contributed by atoms with Crippen LogP contribution in [0.25, 0.3) is 5.57 Å². The molecule has 0 spiro atoms. The molecule has 0 bridgehead atoms. The number of rotatable bonds is 4. The standard InChI is InChI=1S/C13H18O2/c1-3-10(9-11(14)4-2)12-7-5-6-8-13(12)15/h5-9,11,14-15H,3-4H2,1-2H3/b10-9-. The second kappa shape index (κ2) is 5.56. The molecule has 0 saturated heterocycles. The van der Waals surface area contributed by atoms with Crippen LogP contribution in [-0.4, -0.2) is 16.3 Å². The van der Waals surface area contributed by atoms with Gasteiger partial charge in [-0.1, -0.05) is 38.1 Å². The maximum atomic E-state index is 9.68. The van der Waals surface area contributed by atoms with Crippen LogP contribution in [-0.2, 0) is 0 Å². The minimum atomic E-state index is -0.431. The molecule has 2 N–H and O–H groups in total. The van der Waals surface area contributed by atoms with E-state index in [9.17, 15) is 10.2 Å². The molecule has 2 heteroatoms. The Morgan fingerprint density at radius 3 is 2.53 bits per heavy atom. The topological polar surface area (TPSA) is 40.5 Å². The molecule has 0 aliphatic carbocycles. The molecule has 0 amide bonds. The van der Waals surface area contributed by atoms with E-state index in [1.807, 2.05) is 32.1 Å². The molecule has 1 aromatic carbocycles. The number of para-hydroxylation sites is 1. The molecule has 0 radical (unpaired) electrons. The Hall–Kier alpha value is -1.28. The van der Waals surface area contributed by atoms with E-state index in [1.54, 1.807) is 12.1 Å². The van der Waals surface area contributed by atoms with Gasteiger partial charge in [0, 0.05) is 5.56 Å². The first kappa shape index (κ1) is 11.8. The van der Waals surface area contributed by atoms with Crippen molar-refractivity contribution < 1.29 is 10.2 Å². The van der Waals surface area contributed by atoms with E-state index in [0.29, 0.717) is 6.42 Å². The molecule has 82 valence electrons. The van der Waals surface area contributed by atoms with Crippen molar-refractivity contribution in [3.8, 4) is 5.75 Å². The minimum Gasteiger partial charge on any atom is -0.507 e. The Bertz CT molecular complexity index is 342. The van der Waals surface area contributed by atoms with Crippen molar-refractivity contribution >= 4 is 5.57 Å². The Kier molecular flexibility index (Phi) is 4.37. The summed E-state index contributed by atoms with van der Waals surface area (Å²) in [5.74, 6) is 0.272. The third-order valence-electron chi connectivity index (χ3n) is 2.44. The van der Waals surface area contributed by atoms with Gasteiger partial charge in [0.15, 0.2) is 0 Å². The number of phenolic OH excluding ortho intramolecular Hbond substituents is 1.